The van der Waals surface area contributed by atoms with Crippen LogP contribution >= 0.6 is 0 Å². The average Bonchev–Trinajstić information content (AvgIpc) is 3.57. The summed E-state index contributed by atoms with van der Waals surface area (Å²) in [4.78, 5) is 17.1. The lowest BCUT2D eigenvalue weighted by Crippen LogP contribution is -2.51. The molecule has 41 heavy (non-hydrogen) atoms. The summed E-state index contributed by atoms with van der Waals surface area (Å²) in [6, 6.07) is 5.05. The van der Waals surface area contributed by atoms with Gasteiger partial charge in [0.05, 0.1) is 16.8 Å². The van der Waals surface area contributed by atoms with E-state index in [-0.39, 0.29) is 41.6 Å². The predicted molar refractivity (Wildman–Crippen MR) is 143 cm³/mol. The van der Waals surface area contributed by atoms with E-state index in [4.69, 9.17) is 15.5 Å². The second kappa shape index (κ2) is 9.62. The fraction of sp³-hybridized carbons (Fsp3) is 0.536. The first-order chi connectivity index (χ1) is 19.6. The second-order valence-corrected chi connectivity index (χ2v) is 11.7. The first-order valence-electron chi connectivity index (χ1n) is 14.0. The maximum absolute atomic E-state index is 16.3. The smallest absolute Gasteiger partial charge is 0.418 e. The van der Waals surface area contributed by atoms with E-state index in [2.05, 4.69) is 25.1 Å². The van der Waals surface area contributed by atoms with Crippen LogP contribution in [0.4, 0.5) is 33.6 Å². The molecule has 218 valence electrons. The molecule has 13 heteroatoms. The molecule has 8 nitrogen and oxygen atoms in total. The molecule has 0 unspecified atom stereocenters. The highest BCUT2D eigenvalue weighted by molar-refractivity contribution is 5.93. The first kappa shape index (κ1) is 26.6. The highest BCUT2D eigenvalue weighted by atomic mass is 19.4. The van der Waals surface area contributed by atoms with Gasteiger partial charge >= 0.3 is 12.2 Å². The number of halogens is 5. The number of hydrogen-bond donors (Lipinski definition) is 2. The molecule has 3 aromatic rings. The number of anilines is 2. The van der Waals surface area contributed by atoms with Crippen molar-refractivity contribution in [3.8, 4) is 17.3 Å². The summed E-state index contributed by atoms with van der Waals surface area (Å²) in [5.74, 6) is -0.677. The van der Waals surface area contributed by atoms with Gasteiger partial charge in [-0.1, -0.05) is 0 Å². The van der Waals surface area contributed by atoms with E-state index in [1.54, 1.807) is 0 Å². The first-order valence-corrected chi connectivity index (χ1v) is 14.0. The van der Waals surface area contributed by atoms with E-state index < -0.39 is 35.0 Å². The van der Waals surface area contributed by atoms with Crippen molar-refractivity contribution in [2.75, 3.05) is 43.4 Å². The van der Waals surface area contributed by atoms with Crippen LogP contribution in [0.1, 0.15) is 37.7 Å². The highest BCUT2D eigenvalue weighted by Gasteiger charge is 2.49. The van der Waals surface area contributed by atoms with Crippen LogP contribution < -0.4 is 20.7 Å². The number of nitrogens with two attached hydrogens (primary N) is 1. The summed E-state index contributed by atoms with van der Waals surface area (Å²) in [7, 11) is 0. The molecule has 4 aliphatic rings. The van der Waals surface area contributed by atoms with Crippen LogP contribution in [0.25, 0.3) is 22.2 Å². The molecular formula is C28H30F5N7O. The maximum atomic E-state index is 16.3. The molecule has 6 heterocycles. The number of rotatable bonds is 5. The number of ether oxygens (including phenoxy) is 1. The molecule has 7 rings (SSSR count). The number of nitrogen functional groups attached to an aromatic ring is 1. The number of alkyl halides is 4. The number of pyridine rings is 1. The second-order valence-electron chi connectivity index (χ2n) is 11.7. The van der Waals surface area contributed by atoms with Crippen molar-refractivity contribution >= 4 is 22.5 Å². The Morgan fingerprint density at radius 1 is 1.05 bits per heavy atom. The standard InChI is InChI=1S/C28H30F5N7O/c29-15-10-27(8-1-9-40(27)11-15)14-41-26-37-24-19(25(38-26)39-12-16-2-3-17(13-39)35-16)5-4-18(22(24)30)23-20(28(31,32)33)6-7-21(34)36-23/h4-7,15-17,35H,1-3,8-14H2,(H2,34,36)/t15-,16-,17+,27+/m1/s1. The Morgan fingerprint density at radius 2 is 1.83 bits per heavy atom. The third-order valence-corrected chi connectivity index (χ3v) is 8.99. The minimum absolute atomic E-state index is 0.0884. The van der Waals surface area contributed by atoms with Crippen LogP contribution in [0.5, 0.6) is 6.01 Å². The van der Waals surface area contributed by atoms with E-state index in [0.29, 0.717) is 37.3 Å². The minimum atomic E-state index is -4.77. The van der Waals surface area contributed by atoms with Gasteiger partial charge in [-0.25, -0.2) is 13.8 Å². The van der Waals surface area contributed by atoms with E-state index in [0.717, 1.165) is 44.4 Å². The molecule has 0 aliphatic carbocycles. The highest BCUT2D eigenvalue weighted by Crippen LogP contribution is 2.42. The van der Waals surface area contributed by atoms with E-state index >= 15 is 4.39 Å². The Morgan fingerprint density at radius 3 is 2.59 bits per heavy atom. The van der Waals surface area contributed by atoms with E-state index in [1.807, 2.05) is 0 Å². The molecule has 4 saturated heterocycles. The quantitative estimate of drug-likeness (QED) is 0.435. The predicted octanol–water partition coefficient (Wildman–Crippen LogP) is 4.33. The van der Waals surface area contributed by atoms with Crippen molar-refractivity contribution in [2.45, 2.75) is 62.1 Å². The zero-order valence-electron chi connectivity index (χ0n) is 22.2. The van der Waals surface area contributed by atoms with Crippen molar-refractivity contribution in [2.24, 2.45) is 0 Å². The molecular weight excluding hydrogens is 545 g/mol. The van der Waals surface area contributed by atoms with Gasteiger partial charge < -0.3 is 20.7 Å². The molecule has 4 atom stereocenters. The number of nitrogens with zero attached hydrogens (tertiary/aromatic N) is 5. The average molecular weight is 576 g/mol. The third kappa shape index (κ3) is 4.62. The van der Waals surface area contributed by atoms with E-state index in [9.17, 15) is 17.6 Å². The van der Waals surface area contributed by atoms with Crippen LogP contribution in [0.2, 0.25) is 0 Å². The summed E-state index contributed by atoms with van der Waals surface area (Å²) in [6.07, 6.45) is -1.66. The zero-order valence-corrected chi connectivity index (χ0v) is 22.2. The molecule has 3 N–H and O–H groups in total. The summed E-state index contributed by atoms with van der Waals surface area (Å²) in [5, 5.41) is 3.92. The normalized spacial score (nSPS) is 28.0. The lowest BCUT2D eigenvalue weighted by molar-refractivity contribution is -0.137. The topological polar surface area (TPSA) is 92.4 Å². The Labute approximate surface area is 233 Å². The van der Waals surface area contributed by atoms with Crippen LogP contribution in [0.15, 0.2) is 24.3 Å². The molecule has 4 aliphatic heterocycles. The van der Waals surface area contributed by atoms with Gasteiger partial charge in [0.1, 0.15) is 29.9 Å². The van der Waals surface area contributed by atoms with Crippen molar-refractivity contribution in [1.29, 1.82) is 0 Å². The van der Waals surface area contributed by atoms with Crippen LogP contribution in [0.3, 0.4) is 0 Å². The van der Waals surface area contributed by atoms with Gasteiger partial charge in [-0.2, -0.15) is 23.1 Å². The van der Waals surface area contributed by atoms with Crippen LogP contribution in [-0.2, 0) is 6.18 Å². The Bertz CT molecular complexity index is 1490. The SMILES string of the molecule is Nc1ccc(C(F)(F)F)c(-c2ccc3c(N4C[C@H]5CC[C@@H](C4)N5)nc(OC[C@@]45CCCN4C[C@H](F)C5)nc3c2F)n1. The zero-order chi connectivity index (χ0) is 28.5. The Hall–Kier alpha value is -3.32. The summed E-state index contributed by atoms with van der Waals surface area (Å²) in [6.45, 7) is 2.55. The molecule has 1 aromatic carbocycles. The van der Waals surface area contributed by atoms with Gasteiger partial charge in [-0.15, -0.1) is 0 Å². The van der Waals surface area contributed by atoms with Crippen molar-refractivity contribution in [3.05, 3.63) is 35.6 Å². The van der Waals surface area contributed by atoms with Crippen LogP contribution in [0, 0.1) is 5.82 Å². The lowest BCUT2D eigenvalue weighted by atomic mass is 9.95. The Kier molecular flexibility index (Phi) is 6.23. The number of fused-ring (bicyclic) bond motifs is 4. The van der Waals surface area contributed by atoms with Crippen molar-refractivity contribution in [3.63, 3.8) is 0 Å². The maximum Gasteiger partial charge on any atom is 0.418 e. The summed E-state index contributed by atoms with van der Waals surface area (Å²) in [5.41, 5.74) is 2.99. The fourth-order valence-electron chi connectivity index (χ4n) is 7.14. The number of nitrogens with one attached hydrogen (secondary N) is 1. The molecule has 0 radical (unpaired) electrons. The van der Waals surface area contributed by atoms with Gasteiger partial charge in [0.25, 0.3) is 0 Å². The molecule has 2 aromatic heterocycles. The van der Waals surface area contributed by atoms with Crippen LogP contribution in [-0.4, -0.2) is 76.4 Å². The number of piperazine rings is 1. The van der Waals surface area contributed by atoms with Gasteiger partial charge in [-0.05, 0) is 56.5 Å². The minimum Gasteiger partial charge on any atom is -0.461 e. The Balaban J connectivity index is 1.33. The lowest BCUT2D eigenvalue weighted by Gasteiger charge is -2.34. The van der Waals surface area contributed by atoms with Gasteiger partial charge in [0.15, 0.2) is 5.82 Å². The third-order valence-electron chi connectivity index (χ3n) is 8.99. The van der Waals surface area contributed by atoms with Crippen molar-refractivity contribution in [1.82, 2.24) is 25.2 Å². The molecule has 4 fully saturated rings. The van der Waals surface area contributed by atoms with Gasteiger partial charge in [0.2, 0.25) is 0 Å². The van der Waals surface area contributed by atoms with E-state index in [1.165, 1.54) is 12.1 Å². The van der Waals surface area contributed by atoms with Crippen molar-refractivity contribution < 1.29 is 26.7 Å². The molecule has 0 spiro atoms. The molecule has 0 amide bonds. The number of aromatic nitrogens is 3. The summed E-state index contributed by atoms with van der Waals surface area (Å²) < 4.78 is 78.2. The summed E-state index contributed by atoms with van der Waals surface area (Å²) >= 11 is 0. The molecule has 2 bridgehead atoms. The van der Waals surface area contributed by atoms with Gasteiger partial charge in [-0.3, -0.25) is 4.90 Å². The molecule has 0 saturated carbocycles. The van der Waals surface area contributed by atoms with Gasteiger partial charge in [0, 0.05) is 49.1 Å². The number of benzene rings is 1. The number of hydrogen-bond acceptors (Lipinski definition) is 8. The fourth-order valence-corrected chi connectivity index (χ4v) is 7.14. The largest absolute Gasteiger partial charge is 0.461 e. The monoisotopic (exact) mass is 575 g/mol.